The van der Waals surface area contributed by atoms with E-state index in [9.17, 15) is 14.4 Å². The van der Waals surface area contributed by atoms with Gasteiger partial charge in [0.25, 0.3) is 5.91 Å². The summed E-state index contributed by atoms with van der Waals surface area (Å²) < 4.78 is 5.36. The molecule has 0 radical (unpaired) electrons. The zero-order valence-electron chi connectivity index (χ0n) is 13.8. The molecule has 1 amide bonds. The number of fused-ring (bicyclic) bond motifs is 1. The largest absolute Gasteiger partial charge is 0.460 e. The molecule has 0 aromatic carbocycles. The van der Waals surface area contributed by atoms with Gasteiger partial charge in [0.1, 0.15) is 24.6 Å². The fourth-order valence-corrected chi connectivity index (χ4v) is 4.71. The van der Waals surface area contributed by atoms with Crippen molar-refractivity contribution in [1.29, 1.82) is 0 Å². The van der Waals surface area contributed by atoms with Crippen LogP contribution in [0.2, 0.25) is 0 Å². The monoisotopic (exact) mass is 520 g/mol. The molecule has 3 atom stereocenters. The second-order valence-electron chi connectivity index (χ2n) is 6.47. The number of hydrogen-bond donors (Lipinski definition) is 1. The number of nitrogens with two attached hydrogens (primary N) is 1. The molecule has 2 saturated heterocycles. The number of rotatable bonds is 4. The Kier molecular flexibility index (Phi) is 6.69. The fraction of sp³-hybridized carbons (Fsp3) is 0.769. The van der Waals surface area contributed by atoms with E-state index in [0.717, 1.165) is 16.7 Å². The molecule has 2 heterocycles. The van der Waals surface area contributed by atoms with Crippen LogP contribution in [0.1, 0.15) is 13.8 Å². The first-order valence-electron chi connectivity index (χ1n) is 7.27. The molecule has 0 spiro atoms. The highest BCUT2D eigenvalue weighted by molar-refractivity contribution is 8.01. The fourth-order valence-electron chi connectivity index (χ4n) is 2.75. The van der Waals surface area contributed by atoms with Crippen molar-refractivity contribution in [2.45, 2.75) is 43.1 Å². The van der Waals surface area contributed by atoms with Crippen LogP contribution >= 0.6 is 81.4 Å². The molecule has 0 aromatic rings. The van der Waals surface area contributed by atoms with E-state index < -0.39 is 60.3 Å². The van der Waals surface area contributed by atoms with Crippen LogP contribution in [-0.2, 0) is 23.9 Å². The number of hydrogen-bond acceptors (Lipinski definition) is 7. The molecular weight excluding hydrogens is 509 g/mol. The number of nitrogens with zero attached hydrogens (tertiary/aromatic N) is 1. The van der Waals surface area contributed by atoms with E-state index >= 15 is 0 Å². The summed E-state index contributed by atoms with van der Waals surface area (Å²) in [5.74, 6) is -2.65. The molecule has 2 N–H and O–H groups in total. The van der Waals surface area contributed by atoms with E-state index in [2.05, 4.69) is 0 Å². The lowest BCUT2D eigenvalue weighted by Crippen LogP contribution is -2.81. The van der Waals surface area contributed by atoms with Crippen molar-refractivity contribution in [2.75, 3.05) is 13.2 Å². The van der Waals surface area contributed by atoms with Crippen LogP contribution in [0.15, 0.2) is 0 Å². The normalized spacial score (nSPS) is 29.8. The van der Waals surface area contributed by atoms with Gasteiger partial charge in [-0.15, -0.1) is 11.8 Å². The first-order chi connectivity index (χ1) is 12.0. The Balaban J connectivity index is 2.16. The quantitative estimate of drug-likeness (QED) is 0.262. The van der Waals surface area contributed by atoms with Crippen molar-refractivity contribution >= 4 is 99.2 Å². The molecule has 2 aliphatic rings. The van der Waals surface area contributed by atoms with E-state index in [-0.39, 0.29) is 0 Å². The Bertz CT molecular complexity index is 667. The molecule has 2 aliphatic heterocycles. The minimum atomic E-state index is -2.01. The summed E-state index contributed by atoms with van der Waals surface area (Å²) in [6, 6.07) is -1.04. The van der Waals surface area contributed by atoms with Gasteiger partial charge in [-0.2, -0.15) is 0 Å². The number of amides is 1. The number of β-lactam (4-membered cyclic amide) rings is 1. The minimum absolute atomic E-state index is 0.500. The maximum Gasteiger partial charge on any atom is 0.339 e. The Labute approximate surface area is 189 Å². The van der Waals surface area contributed by atoms with E-state index in [1.807, 2.05) is 0 Å². The van der Waals surface area contributed by atoms with Crippen molar-refractivity contribution in [3.8, 4) is 0 Å². The topological polar surface area (TPSA) is 98.9 Å². The maximum absolute atomic E-state index is 12.6. The van der Waals surface area contributed by atoms with Gasteiger partial charge in [0.05, 0.1) is 0 Å². The average molecular weight is 523 g/mol. The summed E-state index contributed by atoms with van der Waals surface area (Å²) in [6.07, 6.45) is 0. The van der Waals surface area contributed by atoms with Crippen molar-refractivity contribution in [3.63, 3.8) is 0 Å². The third-order valence-electron chi connectivity index (χ3n) is 3.89. The third kappa shape index (κ3) is 4.79. The van der Waals surface area contributed by atoms with Gasteiger partial charge in [-0.25, -0.2) is 9.59 Å². The lowest BCUT2D eigenvalue weighted by Gasteiger charge is -2.48. The second kappa shape index (κ2) is 7.61. The molecule has 27 heavy (non-hydrogen) atoms. The van der Waals surface area contributed by atoms with Crippen LogP contribution in [0.4, 0.5) is 0 Å². The highest BCUT2D eigenvalue weighted by Gasteiger charge is 2.74. The van der Waals surface area contributed by atoms with Gasteiger partial charge < -0.3 is 20.1 Å². The molecule has 0 aromatic heterocycles. The molecule has 154 valence electrons. The second-order valence-corrected chi connectivity index (χ2v) is 13.2. The van der Waals surface area contributed by atoms with Gasteiger partial charge in [-0.05, 0) is 13.8 Å². The molecule has 0 aliphatic carbocycles. The number of carbonyl (C=O) groups excluding carboxylic acids is 3. The molecule has 2 fully saturated rings. The molecule has 2 rings (SSSR count). The Morgan fingerprint density at radius 3 is 2.07 bits per heavy atom. The van der Waals surface area contributed by atoms with Gasteiger partial charge in [0, 0.05) is 4.75 Å². The predicted molar refractivity (Wildman–Crippen MR) is 106 cm³/mol. The van der Waals surface area contributed by atoms with Crippen molar-refractivity contribution in [3.05, 3.63) is 0 Å². The van der Waals surface area contributed by atoms with Gasteiger partial charge in [0.15, 0.2) is 0 Å². The molecule has 1 unspecified atom stereocenters. The molecule has 0 saturated carbocycles. The summed E-state index contributed by atoms with van der Waals surface area (Å²) >= 11 is 34.5. The summed E-state index contributed by atoms with van der Waals surface area (Å²) in [7, 11) is 0. The van der Waals surface area contributed by atoms with Gasteiger partial charge in [-0.1, -0.05) is 69.6 Å². The maximum atomic E-state index is 12.6. The first-order valence-corrected chi connectivity index (χ1v) is 10.4. The van der Waals surface area contributed by atoms with E-state index in [0.29, 0.717) is 0 Å². The number of carbonyl (C=O) groups is 3. The van der Waals surface area contributed by atoms with Crippen LogP contribution in [-0.4, -0.2) is 65.2 Å². The summed E-state index contributed by atoms with van der Waals surface area (Å²) in [5, 5.41) is -0.867. The highest BCUT2D eigenvalue weighted by Crippen LogP contribution is 2.54. The average Bonchev–Trinajstić information content (AvgIpc) is 2.77. The van der Waals surface area contributed by atoms with Gasteiger partial charge in [0.2, 0.25) is 13.1 Å². The summed E-state index contributed by atoms with van der Waals surface area (Å²) in [5.41, 5.74) is 3.99. The third-order valence-corrected chi connectivity index (χ3v) is 6.20. The van der Waals surface area contributed by atoms with E-state index in [4.69, 9.17) is 84.8 Å². The first kappa shape index (κ1) is 23.7. The lowest BCUT2D eigenvalue weighted by molar-refractivity contribution is -0.178. The van der Waals surface area contributed by atoms with Crippen LogP contribution < -0.4 is 5.73 Å². The number of ether oxygens (including phenoxy) is 2. The summed E-state index contributed by atoms with van der Waals surface area (Å²) in [6.45, 7) is 2.30. The summed E-state index contributed by atoms with van der Waals surface area (Å²) in [4.78, 5) is 38.6. The lowest BCUT2D eigenvalue weighted by atomic mass is 9.85. The molecular formula is C13H14Cl6N2O5S. The zero-order valence-corrected chi connectivity index (χ0v) is 19.2. The Morgan fingerprint density at radius 1 is 1.11 bits per heavy atom. The van der Waals surface area contributed by atoms with Crippen molar-refractivity contribution in [2.24, 2.45) is 5.73 Å². The Hall–Kier alpha value is 0.460. The van der Waals surface area contributed by atoms with E-state index in [1.54, 1.807) is 13.8 Å². The van der Waals surface area contributed by atoms with Crippen LogP contribution in [0.5, 0.6) is 0 Å². The predicted octanol–water partition coefficient (Wildman–Crippen LogP) is 2.57. The van der Waals surface area contributed by atoms with Crippen LogP contribution in [0.3, 0.4) is 0 Å². The number of thioether (sulfide) groups is 1. The standard InChI is InChI=1S/C13H14Cl6N2O5S/c1-10(2)5(6(22)25-3-11(14,15)16)21-7(23)13(20,8(21)27-10)9(24)26-4-12(17,18)19/h5,8H,3-4,20H2,1-2H3/t5-,8+,13?/m0/s1. The minimum Gasteiger partial charge on any atom is -0.460 e. The van der Waals surface area contributed by atoms with Crippen molar-refractivity contribution in [1.82, 2.24) is 4.90 Å². The molecule has 7 nitrogen and oxygen atoms in total. The smallest absolute Gasteiger partial charge is 0.339 e. The number of halogens is 6. The van der Waals surface area contributed by atoms with Crippen molar-refractivity contribution < 1.29 is 23.9 Å². The highest BCUT2D eigenvalue weighted by atomic mass is 35.6. The van der Waals surface area contributed by atoms with E-state index in [1.165, 1.54) is 0 Å². The van der Waals surface area contributed by atoms with Gasteiger partial charge in [-0.3, -0.25) is 4.79 Å². The van der Waals surface area contributed by atoms with Crippen LogP contribution in [0.25, 0.3) is 0 Å². The number of esters is 2. The SMILES string of the molecule is CC1(C)S[C@H]2N(C(=O)C2(N)C(=O)OCC(Cl)(Cl)Cl)[C@H]1C(=O)OCC(Cl)(Cl)Cl. The molecule has 14 heteroatoms. The van der Waals surface area contributed by atoms with Gasteiger partial charge >= 0.3 is 11.9 Å². The zero-order chi connectivity index (χ0) is 21.0. The number of alkyl halides is 6. The molecule has 0 bridgehead atoms. The Morgan fingerprint density at radius 2 is 1.59 bits per heavy atom. The van der Waals surface area contributed by atoms with Crippen LogP contribution in [0, 0.1) is 0 Å².